The fraction of sp³-hybridized carbons (Fsp3) is 0.692. The van der Waals surface area contributed by atoms with E-state index in [9.17, 15) is 0 Å². The maximum absolute atomic E-state index is 5.72. The van der Waals surface area contributed by atoms with Gasteiger partial charge < -0.3 is 10.1 Å². The van der Waals surface area contributed by atoms with Gasteiger partial charge in [-0.3, -0.25) is 0 Å². The van der Waals surface area contributed by atoms with Crippen molar-refractivity contribution in [2.75, 3.05) is 18.5 Å². The molecule has 0 aromatic carbocycles. The Bertz CT molecular complexity index is 364. The molecular formula is C13H23N3O. The zero-order chi connectivity index (χ0) is 12.8. The number of nitrogens with one attached hydrogen (secondary N) is 1. The van der Waals surface area contributed by atoms with Gasteiger partial charge in [-0.05, 0) is 33.1 Å². The van der Waals surface area contributed by atoms with Gasteiger partial charge in [-0.1, -0.05) is 13.8 Å². The number of hydrogen-bond acceptors (Lipinski definition) is 4. The average Bonchev–Trinajstić information content (AvgIpc) is 2.24. The minimum atomic E-state index is 0.645. The maximum atomic E-state index is 5.72. The lowest BCUT2D eigenvalue weighted by Gasteiger charge is -2.13. The normalized spacial score (nSPS) is 10.7. The fourth-order valence-corrected chi connectivity index (χ4v) is 1.47. The molecule has 0 aliphatic rings. The Kier molecular flexibility index (Phi) is 5.19. The first-order valence-corrected chi connectivity index (χ1v) is 6.26. The van der Waals surface area contributed by atoms with E-state index in [1.807, 2.05) is 13.8 Å². The van der Waals surface area contributed by atoms with Gasteiger partial charge >= 0.3 is 0 Å². The second-order valence-electron chi connectivity index (χ2n) is 4.61. The number of nitrogens with zero attached hydrogens (tertiary/aromatic N) is 2. The van der Waals surface area contributed by atoms with E-state index in [1.54, 1.807) is 0 Å². The van der Waals surface area contributed by atoms with E-state index >= 15 is 0 Å². The average molecular weight is 237 g/mol. The van der Waals surface area contributed by atoms with Crippen LogP contribution in [-0.2, 0) is 0 Å². The summed E-state index contributed by atoms with van der Waals surface area (Å²) >= 11 is 0. The van der Waals surface area contributed by atoms with E-state index in [2.05, 4.69) is 36.1 Å². The van der Waals surface area contributed by atoms with Crippen LogP contribution in [0.4, 0.5) is 5.82 Å². The topological polar surface area (TPSA) is 47.0 Å². The van der Waals surface area contributed by atoms with Crippen LogP contribution in [0.5, 0.6) is 5.88 Å². The Labute approximate surface area is 104 Å². The van der Waals surface area contributed by atoms with Crippen LogP contribution in [0.1, 0.15) is 38.6 Å². The highest BCUT2D eigenvalue weighted by Gasteiger charge is 2.09. The van der Waals surface area contributed by atoms with Crippen LogP contribution < -0.4 is 10.1 Å². The molecule has 1 aromatic heterocycles. The lowest BCUT2D eigenvalue weighted by molar-refractivity contribution is 0.276. The van der Waals surface area contributed by atoms with Crippen molar-refractivity contribution in [1.82, 2.24) is 9.97 Å². The Morgan fingerprint density at radius 2 is 1.94 bits per heavy atom. The summed E-state index contributed by atoms with van der Waals surface area (Å²) < 4.78 is 5.72. The molecular weight excluding hydrogens is 214 g/mol. The van der Waals surface area contributed by atoms with Crippen molar-refractivity contribution in [1.29, 1.82) is 0 Å². The first-order valence-electron chi connectivity index (χ1n) is 6.26. The van der Waals surface area contributed by atoms with Crippen molar-refractivity contribution >= 4 is 5.82 Å². The Hall–Kier alpha value is -1.32. The predicted molar refractivity (Wildman–Crippen MR) is 70.6 cm³/mol. The van der Waals surface area contributed by atoms with Crippen LogP contribution in [0, 0.1) is 19.8 Å². The van der Waals surface area contributed by atoms with Crippen LogP contribution in [0.3, 0.4) is 0 Å². The fourth-order valence-electron chi connectivity index (χ4n) is 1.47. The number of anilines is 1. The summed E-state index contributed by atoms with van der Waals surface area (Å²) in [6.45, 7) is 11.9. The van der Waals surface area contributed by atoms with Crippen molar-refractivity contribution < 1.29 is 4.74 Å². The van der Waals surface area contributed by atoms with Gasteiger partial charge in [0.2, 0.25) is 5.88 Å². The zero-order valence-corrected chi connectivity index (χ0v) is 11.5. The van der Waals surface area contributed by atoms with Gasteiger partial charge in [0.1, 0.15) is 11.6 Å². The van der Waals surface area contributed by atoms with Gasteiger partial charge in [0, 0.05) is 6.54 Å². The number of hydrogen-bond donors (Lipinski definition) is 1. The SMILES string of the molecule is CCNc1nc(C)nc(OCCC(C)C)c1C. The molecule has 0 saturated carbocycles. The lowest BCUT2D eigenvalue weighted by atomic mass is 10.1. The van der Waals surface area contributed by atoms with Crippen LogP contribution >= 0.6 is 0 Å². The molecule has 1 aromatic rings. The molecule has 0 fully saturated rings. The molecule has 0 amide bonds. The molecule has 4 heteroatoms. The third-order valence-electron chi connectivity index (χ3n) is 2.49. The molecule has 96 valence electrons. The zero-order valence-electron chi connectivity index (χ0n) is 11.5. The minimum absolute atomic E-state index is 0.645. The number of aryl methyl sites for hydroxylation is 1. The second-order valence-corrected chi connectivity index (χ2v) is 4.61. The Morgan fingerprint density at radius 1 is 1.24 bits per heavy atom. The van der Waals surface area contributed by atoms with Gasteiger partial charge in [-0.2, -0.15) is 4.98 Å². The standard InChI is InChI=1S/C13H23N3O/c1-6-14-12-10(4)13(16-11(5)15-12)17-8-7-9(2)3/h9H,6-8H2,1-5H3,(H,14,15,16). The first kappa shape index (κ1) is 13.7. The third kappa shape index (κ3) is 4.21. The number of rotatable bonds is 6. The van der Waals surface area contributed by atoms with Crippen LogP contribution in [-0.4, -0.2) is 23.1 Å². The summed E-state index contributed by atoms with van der Waals surface area (Å²) in [5.74, 6) is 2.96. The molecule has 1 N–H and O–H groups in total. The molecule has 17 heavy (non-hydrogen) atoms. The highest BCUT2D eigenvalue weighted by atomic mass is 16.5. The van der Waals surface area contributed by atoms with Crippen molar-refractivity contribution in [2.24, 2.45) is 5.92 Å². The van der Waals surface area contributed by atoms with Gasteiger partial charge in [-0.25, -0.2) is 4.98 Å². The molecule has 4 nitrogen and oxygen atoms in total. The van der Waals surface area contributed by atoms with E-state index in [-0.39, 0.29) is 0 Å². The van der Waals surface area contributed by atoms with Crippen LogP contribution in [0.2, 0.25) is 0 Å². The van der Waals surface area contributed by atoms with Crippen molar-refractivity contribution in [3.63, 3.8) is 0 Å². The minimum Gasteiger partial charge on any atom is -0.477 e. The van der Waals surface area contributed by atoms with Crippen LogP contribution in [0.15, 0.2) is 0 Å². The summed E-state index contributed by atoms with van der Waals surface area (Å²) in [4.78, 5) is 8.70. The van der Waals surface area contributed by atoms with Gasteiger partial charge in [0.15, 0.2) is 0 Å². The van der Waals surface area contributed by atoms with Crippen LogP contribution in [0.25, 0.3) is 0 Å². The van der Waals surface area contributed by atoms with E-state index < -0.39 is 0 Å². The summed E-state index contributed by atoms with van der Waals surface area (Å²) in [5, 5.41) is 3.23. The highest BCUT2D eigenvalue weighted by molar-refractivity contribution is 5.48. The number of ether oxygens (including phenoxy) is 1. The molecule has 0 aliphatic heterocycles. The largest absolute Gasteiger partial charge is 0.477 e. The van der Waals surface area contributed by atoms with Crippen molar-refractivity contribution in [3.8, 4) is 5.88 Å². The molecule has 1 rings (SSSR count). The first-order chi connectivity index (χ1) is 8.04. The van der Waals surface area contributed by atoms with Crippen molar-refractivity contribution in [3.05, 3.63) is 11.4 Å². The summed E-state index contributed by atoms with van der Waals surface area (Å²) in [5.41, 5.74) is 0.987. The van der Waals surface area contributed by atoms with E-state index in [1.165, 1.54) is 0 Å². The molecule has 0 atom stereocenters. The molecule has 1 heterocycles. The molecule has 0 aliphatic carbocycles. The Morgan fingerprint density at radius 3 is 2.53 bits per heavy atom. The summed E-state index contributed by atoms with van der Waals surface area (Å²) in [6, 6.07) is 0. The third-order valence-corrected chi connectivity index (χ3v) is 2.49. The monoisotopic (exact) mass is 237 g/mol. The van der Waals surface area contributed by atoms with Gasteiger partial charge in [0.05, 0.1) is 12.2 Å². The van der Waals surface area contributed by atoms with E-state index in [0.29, 0.717) is 18.4 Å². The molecule has 0 bridgehead atoms. The molecule has 0 spiro atoms. The summed E-state index contributed by atoms with van der Waals surface area (Å²) in [6.07, 6.45) is 1.04. The number of aromatic nitrogens is 2. The molecule has 0 unspecified atom stereocenters. The predicted octanol–water partition coefficient (Wildman–Crippen LogP) is 2.95. The maximum Gasteiger partial charge on any atom is 0.221 e. The molecule has 0 radical (unpaired) electrons. The lowest BCUT2D eigenvalue weighted by Crippen LogP contribution is -2.09. The smallest absolute Gasteiger partial charge is 0.221 e. The van der Waals surface area contributed by atoms with Gasteiger partial charge in [0.25, 0.3) is 0 Å². The Balaban J connectivity index is 2.76. The van der Waals surface area contributed by atoms with Gasteiger partial charge in [-0.15, -0.1) is 0 Å². The summed E-state index contributed by atoms with van der Waals surface area (Å²) in [7, 11) is 0. The van der Waals surface area contributed by atoms with Crippen molar-refractivity contribution in [2.45, 2.75) is 41.0 Å². The molecule has 0 saturated heterocycles. The second kappa shape index (κ2) is 6.42. The quantitative estimate of drug-likeness (QED) is 0.826. The highest BCUT2D eigenvalue weighted by Crippen LogP contribution is 2.22. The van der Waals surface area contributed by atoms with E-state index in [4.69, 9.17) is 4.74 Å². The van der Waals surface area contributed by atoms with E-state index in [0.717, 1.165) is 30.2 Å².